The average Bonchev–Trinajstić information content (AvgIpc) is 2.44. The van der Waals surface area contributed by atoms with Crippen LogP contribution in [0, 0.1) is 5.82 Å². The van der Waals surface area contributed by atoms with Crippen LogP contribution in [0.25, 0.3) is 10.9 Å². The minimum absolute atomic E-state index is 0.198. The van der Waals surface area contributed by atoms with Gasteiger partial charge in [0.2, 0.25) is 0 Å². The molecule has 0 aliphatic heterocycles. The maximum atomic E-state index is 12.9. The molecule has 1 heterocycles. The molecule has 0 aliphatic carbocycles. The molecule has 1 N–H and O–H groups in total. The highest BCUT2D eigenvalue weighted by Crippen LogP contribution is 2.16. The molecule has 3 heteroatoms. The van der Waals surface area contributed by atoms with Gasteiger partial charge in [0, 0.05) is 17.8 Å². The lowest BCUT2D eigenvalue weighted by Gasteiger charge is -2.06. The van der Waals surface area contributed by atoms with E-state index in [0.29, 0.717) is 0 Å². The normalized spacial score (nSPS) is 11.4. The van der Waals surface area contributed by atoms with E-state index in [9.17, 15) is 4.39 Å². The number of aromatic nitrogens is 1. The highest BCUT2D eigenvalue weighted by atomic mass is 19.1. The van der Waals surface area contributed by atoms with E-state index < -0.39 is 0 Å². The van der Waals surface area contributed by atoms with Gasteiger partial charge in [0.05, 0.1) is 0 Å². The van der Waals surface area contributed by atoms with Crippen LogP contribution >= 0.6 is 0 Å². The topological polar surface area (TPSA) is 19.0 Å². The first-order chi connectivity index (χ1) is 6.65. The van der Waals surface area contributed by atoms with E-state index in [4.69, 9.17) is 0 Å². The Kier molecular flexibility index (Phi) is 2.25. The van der Waals surface area contributed by atoms with Gasteiger partial charge in [-0.25, -0.2) is 4.39 Å². The van der Waals surface area contributed by atoms with Crippen molar-refractivity contribution in [1.29, 1.82) is 0 Å². The molecule has 74 valence electrons. The summed E-state index contributed by atoms with van der Waals surface area (Å²) < 4.78 is 12.9. The SMILES string of the molecule is CN(C)Cc1cc2ccc(F)cc2[nH]1. The predicted octanol–water partition coefficient (Wildman–Crippen LogP) is 2.37. The van der Waals surface area contributed by atoms with E-state index in [1.165, 1.54) is 12.1 Å². The summed E-state index contributed by atoms with van der Waals surface area (Å²) in [6, 6.07) is 6.85. The van der Waals surface area contributed by atoms with Crippen LogP contribution in [-0.4, -0.2) is 24.0 Å². The molecule has 0 atom stereocenters. The van der Waals surface area contributed by atoms with Crippen molar-refractivity contribution in [3.8, 4) is 0 Å². The monoisotopic (exact) mass is 192 g/mol. The summed E-state index contributed by atoms with van der Waals surface area (Å²) in [6.45, 7) is 0.844. The highest BCUT2D eigenvalue weighted by molar-refractivity contribution is 5.80. The Morgan fingerprint density at radius 2 is 2.07 bits per heavy atom. The molecule has 0 aliphatic rings. The Bertz CT molecular complexity index is 445. The lowest BCUT2D eigenvalue weighted by Crippen LogP contribution is -2.10. The first kappa shape index (κ1) is 9.21. The fraction of sp³-hybridized carbons (Fsp3) is 0.273. The summed E-state index contributed by atoms with van der Waals surface area (Å²) in [4.78, 5) is 5.26. The molecule has 0 unspecified atom stereocenters. The number of nitrogens with zero attached hydrogens (tertiary/aromatic N) is 1. The molecule has 0 amide bonds. The number of hydrogen-bond acceptors (Lipinski definition) is 1. The molecule has 2 rings (SSSR count). The van der Waals surface area contributed by atoms with E-state index >= 15 is 0 Å². The standard InChI is InChI=1S/C11H13FN2/c1-14(2)7-10-5-8-3-4-9(12)6-11(8)13-10/h3-6,13H,7H2,1-2H3. The predicted molar refractivity (Wildman–Crippen MR) is 55.6 cm³/mol. The zero-order chi connectivity index (χ0) is 10.1. The Morgan fingerprint density at radius 3 is 2.79 bits per heavy atom. The van der Waals surface area contributed by atoms with E-state index in [2.05, 4.69) is 16.0 Å². The third-order valence-corrected chi connectivity index (χ3v) is 2.13. The zero-order valence-electron chi connectivity index (χ0n) is 8.34. The van der Waals surface area contributed by atoms with Crippen LogP contribution in [0.15, 0.2) is 24.3 Å². The summed E-state index contributed by atoms with van der Waals surface area (Å²) in [7, 11) is 4.01. The molecule has 0 spiro atoms. The van der Waals surface area contributed by atoms with Gasteiger partial charge in [-0.3, -0.25) is 0 Å². The van der Waals surface area contributed by atoms with E-state index in [1.54, 1.807) is 6.07 Å². The minimum atomic E-state index is -0.198. The van der Waals surface area contributed by atoms with Crippen LogP contribution in [-0.2, 0) is 6.54 Å². The number of aromatic amines is 1. The van der Waals surface area contributed by atoms with E-state index in [-0.39, 0.29) is 5.82 Å². The molecule has 14 heavy (non-hydrogen) atoms. The van der Waals surface area contributed by atoms with Crippen molar-refractivity contribution in [2.24, 2.45) is 0 Å². The lowest BCUT2D eigenvalue weighted by atomic mass is 10.2. The van der Waals surface area contributed by atoms with Gasteiger partial charge in [0.1, 0.15) is 5.82 Å². The second kappa shape index (κ2) is 3.42. The van der Waals surface area contributed by atoms with Crippen LogP contribution < -0.4 is 0 Å². The summed E-state index contributed by atoms with van der Waals surface area (Å²) in [5.41, 5.74) is 1.97. The van der Waals surface area contributed by atoms with Crippen molar-refractivity contribution in [2.75, 3.05) is 14.1 Å². The second-order valence-electron chi connectivity index (χ2n) is 3.76. The molecule has 0 radical (unpaired) electrons. The summed E-state index contributed by atoms with van der Waals surface area (Å²) in [6.07, 6.45) is 0. The molecule has 0 bridgehead atoms. The second-order valence-corrected chi connectivity index (χ2v) is 3.76. The molecule has 2 nitrogen and oxygen atoms in total. The van der Waals surface area contributed by atoms with Gasteiger partial charge in [-0.2, -0.15) is 0 Å². The lowest BCUT2D eigenvalue weighted by molar-refractivity contribution is 0.398. The fourth-order valence-electron chi connectivity index (χ4n) is 1.59. The molecule has 0 saturated heterocycles. The van der Waals surface area contributed by atoms with Gasteiger partial charge in [-0.15, -0.1) is 0 Å². The smallest absolute Gasteiger partial charge is 0.125 e. The quantitative estimate of drug-likeness (QED) is 0.774. The largest absolute Gasteiger partial charge is 0.357 e. The first-order valence-electron chi connectivity index (χ1n) is 4.57. The maximum Gasteiger partial charge on any atom is 0.125 e. The van der Waals surface area contributed by atoms with Crippen LogP contribution in [0.1, 0.15) is 5.69 Å². The Labute approximate surface area is 82.3 Å². The van der Waals surface area contributed by atoms with Crippen LogP contribution in [0.3, 0.4) is 0 Å². The third-order valence-electron chi connectivity index (χ3n) is 2.13. The van der Waals surface area contributed by atoms with Crippen LogP contribution in [0.5, 0.6) is 0 Å². The third kappa shape index (κ3) is 1.77. The molecule has 0 saturated carbocycles. The molecule has 0 fully saturated rings. The molecule has 1 aromatic carbocycles. The number of benzene rings is 1. The Balaban J connectivity index is 2.41. The molecular formula is C11H13FN2. The van der Waals surface area contributed by atoms with Crippen molar-refractivity contribution < 1.29 is 4.39 Å². The van der Waals surface area contributed by atoms with Gasteiger partial charge >= 0.3 is 0 Å². The molecule has 2 aromatic rings. The number of rotatable bonds is 2. The van der Waals surface area contributed by atoms with Crippen LogP contribution in [0.2, 0.25) is 0 Å². The van der Waals surface area contributed by atoms with Gasteiger partial charge in [0.15, 0.2) is 0 Å². The van der Waals surface area contributed by atoms with Gasteiger partial charge < -0.3 is 9.88 Å². The molecule has 1 aromatic heterocycles. The van der Waals surface area contributed by atoms with Crippen molar-refractivity contribution in [2.45, 2.75) is 6.54 Å². The average molecular weight is 192 g/mol. The fourth-order valence-corrected chi connectivity index (χ4v) is 1.59. The van der Waals surface area contributed by atoms with Crippen molar-refractivity contribution in [1.82, 2.24) is 9.88 Å². The summed E-state index contributed by atoms with van der Waals surface area (Å²) >= 11 is 0. The number of fused-ring (bicyclic) bond motifs is 1. The number of H-pyrrole nitrogens is 1. The highest BCUT2D eigenvalue weighted by Gasteiger charge is 2.02. The zero-order valence-corrected chi connectivity index (χ0v) is 8.34. The van der Waals surface area contributed by atoms with Gasteiger partial charge in [-0.05, 0) is 43.7 Å². The van der Waals surface area contributed by atoms with Crippen LogP contribution in [0.4, 0.5) is 4.39 Å². The minimum Gasteiger partial charge on any atom is -0.357 e. The Morgan fingerprint density at radius 1 is 1.29 bits per heavy atom. The van der Waals surface area contributed by atoms with Gasteiger partial charge in [0.25, 0.3) is 0 Å². The maximum absolute atomic E-state index is 12.9. The Hall–Kier alpha value is -1.35. The summed E-state index contributed by atoms with van der Waals surface area (Å²) in [5, 5.41) is 1.06. The first-order valence-corrected chi connectivity index (χ1v) is 4.57. The number of hydrogen-bond donors (Lipinski definition) is 1. The van der Waals surface area contributed by atoms with Crippen molar-refractivity contribution in [3.05, 3.63) is 35.8 Å². The number of halogens is 1. The molecular weight excluding hydrogens is 179 g/mol. The van der Waals surface area contributed by atoms with Crippen molar-refractivity contribution in [3.63, 3.8) is 0 Å². The number of nitrogens with one attached hydrogen (secondary N) is 1. The van der Waals surface area contributed by atoms with Crippen molar-refractivity contribution >= 4 is 10.9 Å². The van der Waals surface area contributed by atoms with E-state index in [1.807, 2.05) is 14.1 Å². The van der Waals surface area contributed by atoms with Gasteiger partial charge in [-0.1, -0.05) is 0 Å². The van der Waals surface area contributed by atoms with E-state index in [0.717, 1.165) is 23.1 Å². The summed E-state index contributed by atoms with van der Waals surface area (Å²) in [5.74, 6) is -0.198.